The summed E-state index contributed by atoms with van der Waals surface area (Å²) in [5.41, 5.74) is 2.83. The van der Waals surface area contributed by atoms with E-state index in [1.54, 1.807) is 22.1 Å². The number of aromatic nitrogens is 3. The molecule has 1 N–H and O–H groups in total. The lowest BCUT2D eigenvalue weighted by molar-refractivity contribution is 0.575. The Morgan fingerprint density at radius 1 is 1.32 bits per heavy atom. The van der Waals surface area contributed by atoms with Crippen molar-refractivity contribution in [2.75, 3.05) is 19.0 Å². The van der Waals surface area contributed by atoms with E-state index in [9.17, 15) is 4.39 Å². The molecule has 0 fully saturated rings. The normalized spacial score (nSPS) is 12.4. The molecule has 1 atom stereocenters. The smallest absolute Gasteiger partial charge is 0.185 e. The van der Waals surface area contributed by atoms with Gasteiger partial charge in [-0.25, -0.2) is 14.1 Å². The van der Waals surface area contributed by atoms with E-state index in [0.717, 1.165) is 28.6 Å². The molecule has 0 radical (unpaired) electrons. The molecule has 0 saturated heterocycles. The lowest BCUT2D eigenvalue weighted by Crippen LogP contribution is -2.18. The average Bonchev–Trinajstić information content (AvgIpc) is 3.19. The number of nitrogens with one attached hydrogen (secondary N) is 1. The monoisotopic (exact) mass is 359 g/mol. The first kappa shape index (κ1) is 17.6. The summed E-state index contributed by atoms with van der Waals surface area (Å²) in [7, 11) is 3.98. The summed E-state index contributed by atoms with van der Waals surface area (Å²) in [6.07, 6.45) is 3.75. The van der Waals surface area contributed by atoms with Crippen LogP contribution in [-0.4, -0.2) is 28.9 Å². The zero-order valence-electron chi connectivity index (χ0n) is 14.8. The van der Waals surface area contributed by atoms with E-state index in [1.165, 1.54) is 17.0 Å². The van der Waals surface area contributed by atoms with Crippen LogP contribution in [0.3, 0.4) is 0 Å². The molecule has 25 heavy (non-hydrogen) atoms. The highest BCUT2D eigenvalue weighted by Gasteiger charge is 2.15. The van der Waals surface area contributed by atoms with Gasteiger partial charge in [-0.05, 0) is 32.0 Å². The van der Waals surface area contributed by atoms with Crippen LogP contribution in [0.5, 0.6) is 0 Å². The Hall–Kier alpha value is -2.25. The molecule has 0 aliphatic heterocycles. The number of anilines is 1. The molecule has 0 spiro atoms. The number of thiazole rings is 1. The Balaban J connectivity index is 1.71. The van der Waals surface area contributed by atoms with E-state index in [-0.39, 0.29) is 11.9 Å². The van der Waals surface area contributed by atoms with Crippen molar-refractivity contribution < 1.29 is 4.39 Å². The third-order valence-corrected chi connectivity index (χ3v) is 5.24. The van der Waals surface area contributed by atoms with E-state index in [1.807, 2.05) is 44.4 Å². The molecule has 0 amide bonds. The molecule has 5 nitrogen and oxygen atoms in total. The van der Waals surface area contributed by atoms with Crippen molar-refractivity contribution in [3.63, 3.8) is 0 Å². The summed E-state index contributed by atoms with van der Waals surface area (Å²) in [6, 6.07) is 6.60. The zero-order valence-corrected chi connectivity index (χ0v) is 15.6. The molecule has 0 aliphatic carbocycles. The minimum atomic E-state index is -0.262. The predicted molar refractivity (Wildman–Crippen MR) is 100.0 cm³/mol. The van der Waals surface area contributed by atoms with Crippen molar-refractivity contribution >= 4 is 16.5 Å². The Kier molecular flexibility index (Phi) is 5.15. The fourth-order valence-electron chi connectivity index (χ4n) is 2.66. The third-order valence-electron chi connectivity index (χ3n) is 4.07. The van der Waals surface area contributed by atoms with Gasteiger partial charge in [0, 0.05) is 49.0 Å². The van der Waals surface area contributed by atoms with E-state index < -0.39 is 0 Å². The van der Waals surface area contributed by atoms with E-state index in [2.05, 4.69) is 22.3 Å². The number of nitrogens with zero attached hydrogens (tertiary/aromatic N) is 4. The minimum absolute atomic E-state index is 0.132. The largest absolute Gasteiger partial charge is 0.354 e. The second-order valence-corrected chi connectivity index (χ2v) is 7.28. The van der Waals surface area contributed by atoms with E-state index >= 15 is 0 Å². The minimum Gasteiger partial charge on any atom is -0.354 e. The van der Waals surface area contributed by atoms with E-state index in [4.69, 9.17) is 0 Å². The standard InChI is InChI=1S/C18H22FN5S/c1-12(20-9-16-10-21-18(25-16)23(3)4)17-11-22-24(13(17)2)15-7-5-6-14(19)8-15/h5-8,10-12,20H,9H2,1-4H3/t12-/m0/s1. The first-order valence-electron chi connectivity index (χ1n) is 8.11. The van der Waals surface area contributed by atoms with Crippen molar-refractivity contribution in [1.82, 2.24) is 20.1 Å². The van der Waals surface area contributed by atoms with Crippen LogP contribution in [0.4, 0.5) is 9.52 Å². The maximum atomic E-state index is 13.5. The highest BCUT2D eigenvalue weighted by atomic mass is 32.1. The average molecular weight is 359 g/mol. The molecule has 132 valence electrons. The highest BCUT2D eigenvalue weighted by molar-refractivity contribution is 7.15. The van der Waals surface area contributed by atoms with Gasteiger partial charge in [-0.3, -0.25) is 0 Å². The first-order valence-corrected chi connectivity index (χ1v) is 8.93. The molecule has 2 heterocycles. The van der Waals surface area contributed by atoms with Gasteiger partial charge in [0.1, 0.15) is 5.82 Å². The quantitative estimate of drug-likeness (QED) is 0.729. The Labute approximate surface area is 151 Å². The number of hydrogen-bond donors (Lipinski definition) is 1. The SMILES string of the molecule is Cc1c([C@H](C)NCc2cnc(N(C)C)s2)cnn1-c1cccc(F)c1. The van der Waals surface area contributed by atoms with Gasteiger partial charge in [-0.15, -0.1) is 11.3 Å². The molecule has 0 saturated carbocycles. The first-order chi connectivity index (χ1) is 12.0. The Morgan fingerprint density at radius 2 is 2.12 bits per heavy atom. The molecular formula is C18H22FN5S. The van der Waals surface area contributed by atoms with Crippen molar-refractivity contribution in [1.29, 1.82) is 0 Å². The van der Waals surface area contributed by atoms with Gasteiger partial charge >= 0.3 is 0 Å². The summed E-state index contributed by atoms with van der Waals surface area (Å²) < 4.78 is 15.2. The van der Waals surface area contributed by atoms with Crippen molar-refractivity contribution in [2.24, 2.45) is 0 Å². The maximum absolute atomic E-state index is 13.5. The van der Waals surface area contributed by atoms with Gasteiger partial charge in [0.2, 0.25) is 0 Å². The van der Waals surface area contributed by atoms with Gasteiger partial charge in [0.25, 0.3) is 0 Å². The lowest BCUT2D eigenvalue weighted by Gasteiger charge is -2.13. The number of hydrogen-bond acceptors (Lipinski definition) is 5. The van der Waals surface area contributed by atoms with Crippen LogP contribution < -0.4 is 10.2 Å². The molecule has 0 aliphatic rings. The third kappa shape index (κ3) is 3.88. The van der Waals surface area contributed by atoms with Crippen LogP contribution >= 0.6 is 11.3 Å². The molecule has 1 aromatic carbocycles. The fraction of sp³-hybridized carbons (Fsp3) is 0.333. The number of halogens is 1. The molecular weight excluding hydrogens is 337 g/mol. The van der Waals surface area contributed by atoms with Crippen LogP contribution in [0.15, 0.2) is 36.7 Å². The van der Waals surface area contributed by atoms with Crippen LogP contribution in [0.25, 0.3) is 5.69 Å². The van der Waals surface area contributed by atoms with Gasteiger partial charge < -0.3 is 10.2 Å². The lowest BCUT2D eigenvalue weighted by atomic mass is 10.1. The van der Waals surface area contributed by atoms with Crippen LogP contribution in [0.2, 0.25) is 0 Å². The summed E-state index contributed by atoms with van der Waals surface area (Å²) in [4.78, 5) is 7.58. The summed E-state index contributed by atoms with van der Waals surface area (Å²) in [6.45, 7) is 4.85. The molecule has 3 aromatic rings. The van der Waals surface area contributed by atoms with Crippen molar-refractivity contribution in [2.45, 2.75) is 26.4 Å². The molecule has 0 unspecified atom stereocenters. The molecule has 2 aromatic heterocycles. The van der Waals surface area contributed by atoms with Crippen LogP contribution in [0.1, 0.15) is 29.1 Å². The van der Waals surface area contributed by atoms with Gasteiger partial charge in [0.15, 0.2) is 5.13 Å². The number of rotatable bonds is 6. The highest BCUT2D eigenvalue weighted by Crippen LogP contribution is 2.23. The molecule has 3 rings (SSSR count). The number of benzene rings is 1. The van der Waals surface area contributed by atoms with Gasteiger partial charge in [0.05, 0.1) is 11.9 Å². The van der Waals surface area contributed by atoms with Crippen LogP contribution in [0, 0.1) is 12.7 Å². The predicted octanol–water partition coefficient (Wildman–Crippen LogP) is 3.69. The summed E-state index contributed by atoms with van der Waals surface area (Å²) in [5.74, 6) is -0.262. The second kappa shape index (κ2) is 7.33. The fourth-order valence-corrected chi connectivity index (χ4v) is 3.45. The van der Waals surface area contributed by atoms with Gasteiger partial charge in [-0.1, -0.05) is 6.07 Å². The van der Waals surface area contributed by atoms with Crippen LogP contribution in [-0.2, 0) is 6.54 Å². The summed E-state index contributed by atoms with van der Waals surface area (Å²) >= 11 is 1.68. The Bertz CT molecular complexity index is 855. The van der Waals surface area contributed by atoms with Crippen molar-refractivity contribution in [3.8, 4) is 5.69 Å². The maximum Gasteiger partial charge on any atom is 0.185 e. The van der Waals surface area contributed by atoms with E-state index in [0.29, 0.717) is 0 Å². The van der Waals surface area contributed by atoms with Gasteiger partial charge in [-0.2, -0.15) is 5.10 Å². The molecule has 7 heteroatoms. The van der Waals surface area contributed by atoms with Crippen molar-refractivity contribution in [3.05, 3.63) is 58.6 Å². The zero-order chi connectivity index (χ0) is 18.0. The molecule has 0 bridgehead atoms. The second-order valence-electron chi connectivity index (χ2n) is 6.18. The Morgan fingerprint density at radius 3 is 2.80 bits per heavy atom. The summed E-state index contributed by atoms with van der Waals surface area (Å²) in [5, 5.41) is 8.93. The topological polar surface area (TPSA) is 46.0 Å².